The predicted molar refractivity (Wildman–Crippen MR) is 596 cm³/mol. The molecule has 0 fully saturated rings. The van der Waals surface area contributed by atoms with Crippen molar-refractivity contribution < 1.29 is 0 Å². The average molecular weight is 2110 g/mol. The van der Waals surface area contributed by atoms with Crippen LogP contribution < -0.4 is 77.4 Å². The highest BCUT2D eigenvalue weighted by atomic mass is 33.4. The van der Waals surface area contributed by atoms with Crippen LogP contribution in [0, 0.1) is 41.4 Å². The summed E-state index contributed by atoms with van der Waals surface area (Å²) in [5.74, 6) is 5.31. The van der Waals surface area contributed by atoms with Crippen LogP contribution in [0.1, 0.15) is 284 Å². The third-order valence-corrected chi connectivity index (χ3v) is 37.8. The van der Waals surface area contributed by atoms with Gasteiger partial charge in [-0.25, -0.2) is 0 Å². The minimum absolute atomic E-state index is 0. The maximum Gasteiger partial charge on any atom is 0.0167 e. The zero-order valence-corrected chi connectivity index (χ0v) is 97.1. The number of rotatable bonds is 42. The van der Waals surface area contributed by atoms with E-state index in [1.807, 2.05) is 0 Å². The molecule has 0 saturated carbocycles. The summed E-state index contributed by atoms with van der Waals surface area (Å²) in [4.78, 5) is 0. The molecule has 0 aromatic carbocycles. The molecule has 21 N–H and O–H groups in total. The van der Waals surface area contributed by atoms with E-state index in [9.17, 15) is 0 Å². The van der Waals surface area contributed by atoms with Gasteiger partial charge in [0.1, 0.15) is 0 Å². The Balaban J connectivity index is -0.0000000790. The van der Waals surface area contributed by atoms with Gasteiger partial charge in [0.05, 0.1) is 0 Å². The van der Waals surface area contributed by atoms with Crippen molar-refractivity contribution in [3.8, 4) is 0 Å². The van der Waals surface area contributed by atoms with Gasteiger partial charge in [0.2, 0.25) is 0 Å². The molecule has 0 aliphatic heterocycles. The fourth-order valence-corrected chi connectivity index (χ4v) is 24.6. The van der Waals surface area contributed by atoms with Crippen LogP contribution in [-0.4, -0.2) is 130 Å². The lowest BCUT2D eigenvalue weighted by molar-refractivity contribution is 0.422. The highest BCUT2D eigenvalue weighted by Crippen LogP contribution is 2.12. The van der Waals surface area contributed by atoms with Crippen LogP contribution in [0.2, 0.25) is 0 Å². The summed E-state index contributed by atoms with van der Waals surface area (Å²) in [5, 5.41) is 23.4. The monoisotopic (exact) mass is 2100 g/mol. The Kier molecular flexibility index (Phi) is 167. The first kappa shape index (κ1) is 149. The topological polar surface area (TPSA) is 266 Å². The molecule has 0 rings (SSSR count). The summed E-state index contributed by atoms with van der Waals surface area (Å²) in [6.45, 7) is 68.0. The molecule has 0 spiro atoms. The van der Waals surface area contributed by atoms with Crippen molar-refractivity contribution in [2.24, 2.45) is 81.6 Å². The van der Waals surface area contributed by atoms with E-state index in [4.69, 9.17) is 40.1 Å². The SMILES string of the molecule is CCC(C)CC(N)CNC(C)C.CCC(C)C[C@@H](N)CNC(C)C.CCC(C)C[C@H](N)CNC(C)C.CC[C@@H](C)C[C@@H](N)CNC(C)C.CC[C@@H](C)C[C@H](N)CNC(C)C.CC[C@H](C)C[C@@H](N)CNC(C)C.CC[C@H](C)C[C@H](N)CNC(C)C.S.S=S.S=S=S.S=S=S=S.S=S=S=S=S.S=S=S=S=S=S.S=S=S=S=S=S=S. The average Bonchev–Trinajstić information content (AvgIpc) is 1.05. The molecule has 42 heteroatoms. The maximum absolute atomic E-state index is 5.94. The van der Waals surface area contributed by atoms with E-state index in [0.29, 0.717) is 84.6 Å². The quantitative estimate of drug-likeness (QED) is 0.0271. The Morgan fingerprint density at radius 1 is 0.205 bits per heavy atom. The third-order valence-electron chi connectivity index (χ3n) is 15.6. The Hall–Kier alpha value is 5.73. The summed E-state index contributed by atoms with van der Waals surface area (Å²) in [5.41, 5.74) is 41.6. The summed E-state index contributed by atoms with van der Waals surface area (Å²) in [6, 6.07) is 6.09. The van der Waals surface area contributed by atoms with Crippen molar-refractivity contribution in [1.82, 2.24) is 37.2 Å². The number of hydrogen-bond donors (Lipinski definition) is 14. The second kappa shape index (κ2) is 125. The van der Waals surface area contributed by atoms with E-state index in [2.05, 4.69) is 365 Å². The Labute approximate surface area is 803 Å². The normalized spacial score (nSPS) is 13.7. The van der Waals surface area contributed by atoms with Crippen LogP contribution in [0.5, 0.6) is 0 Å². The molecule has 4 unspecified atom stereocenters. The minimum Gasteiger partial charge on any atom is -0.327 e. The fourth-order valence-electron chi connectivity index (χ4n) is 8.15. The predicted octanol–water partition coefficient (Wildman–Crippen LogP) is 12.3. The van der Waals surface area contributed by atoms with Crippen molar-refractivity contribution in [3.05, 3.63) is 0 Å². The van der Waals surface area contributed by atoms with E-state index in [-0.39, 0.29) is 13.5 Å². The lowest BCUT2D eigenvalue weighted by atomic mass is 10.00. The molecular weight excluding hydrogens is 1930 g/mol. The molecule has 0 heterocycles. The van der Waals surface area contributed by atoms with E-state index < -0.39 is 0 Å². The maximum atomic E-state index is 5.94. The molecule has 0 bridgehead atoms. The third kappa shape index (κ3) is 177. The van der Waals surface area contributed by atoms with Crippen LogP contribution in [0.3, 0.4) is 0 Å². The highest BCUT2D eigenvalue weighted by molar-refractivity contribution is 8.68. The lowest BCUT2D eigenvalue weighted by Crippen LogP contribution is -2.38. The van der Waals surface area contributed by atoms with Crippen molar-refractivity contribution in [2.45, 2.75) is 368 Å². The lowest BCUT2D eigenvalue weighted by Gasteiger charge is -2.17. The molecule has 688 valence electrons. The first-order chi connectivity index (χ1) is 52.0. The van der Waals surface area contributed by atoms with Gasteiger partial charge >= 0.3 is 0 Å². The highest BCUT2D eigenvalue weighted by Gasteiger charge is 2.13. The largest absolute Gasteiger partial charge is 0.327 e. The van der Waals surface area contributed by atoms with Crippen LogP contribution in [0.15, 0.2) is 0 Å². The van der Waals surface area contributed by atoms with Crippen molar-refractivity contribution in [2.75, 3.05) is 45.8 Å². The van der Waals surface area contributed by atoms with Gasteiger partial charge in [-0.1, -0.05) is 239 Å². The van der Waals surface area contributed by atoms with Gasteiger partial charge in [0, 0.05) is 398 Å². The molecule has 0 aromatic rings. The van der Waals surface area contributed by atoms with Crippen molar-refractivity contribution in [3.63, 3.8) is 0 Å². The second-order valence-electron chi connectivity index (χ2n) is 29.5. The molecule has 14 nitrogen and oxygen atoms in total. The minimum atomic E-state index is 0. The van der Waals surface area contributed by atoms with Crippen LogP contribution in [0.25, 0.3) is 0 Å². The van der Waals surface area contributed by atoms with Crippen molar-refractivity contribution >= 4 is 281 Å². The van der Waals surface area contributed by atoms with Gasteiger partial charge in [-0.2, -0.15) is 13.5 Å². The number of hydrogen-bond acceptors (Lipinski definition) is 26. The molecule has 0 aromatic heterocycles. The van der Waals surface area contributed by atoms with Gasteiger partial charge in [0.25, 0.3) is 0 Å². The standard InChI is InChI=1S/7C10H24N2.S7.S6.S5.S4.S3.S2.H2S/c7*1-5-9(4)6-10(11)7-12-8(2)3;1-3-5-7-6-4-2;1-3-5-6-4-2;1-3-5-4-2;1-3-4-2;1-3-2;1-2;/h7*8-10,12H,5-7,11H2,1-4H3;;;;;;;1H2/t2*9?,10-;2*9-,10+;2*9-,10-;;;;;;;;/m101010......../s1. The van der Waals surface area contributed by atoms with E-state index in [0.717, 1.165) is 141 Å². The number of nitrogens with two attached hydrogens (primary N) is 7. The molecule has 0 aliphatic carbocycles. The van der Waals surface area contributed by atoms with Gasteiger partial charge in [0.15, 0.2) is 0 Å². The zero-order chi connectivity index (χ0) is 89.5. The molecule has 112 heavy (non-hydrogen) atoms. The van der Waals surface area contributed by atoms with Crippen LogP contribution in [0.4, 0.5) is 0 Å². The van der Waals surface area contributed by atoms with Gasteiger partial charge in [-0.3, -0.25) is 0 Å². The first-order valence-electron chi connectivity index (χ1n) is 38.8. The summed E-state index contributed by atoms with van der Waals surface area (Å²) in [6.07, 6.45) is 16.6. The van der Waals surface area contributed by atoms with Crippen LogP contribution in [-0.2, 0) is 267 Å². The van der Waals surface area contributed by atoms with Gasteiger partial charge < -0.3 is 77.4 Å². The second-order valence-corrected chi connectivity index (χ2v) is 56.1. The van der Waals surface area contributed by atoms with Gasteiger partial charge in [-0.05, 0) is 86.4 Å². The molecule has 0 radical (unpaired) electrons. The zero-order valence-electron chi connectivity index (χ0n) is 74.0. The van der Waals surface area contributed by atoms with E-state index in [1.54, 1.807) is 26.6 Å². The van der Waals surface area contributed by atoms with Gasteiger partial charge in [-0.15, -0.1) is 0 Å². The van der Waals surface area contributed by atoms with Crippen molar-refractivity contribution in [1.29, 1.82) is 0 Å². The molecular formula is C70H170N14S28. The first-order valence-corrected chi connectivity index (χ1v) is 66.8. The Morgan fingerprint density at radius 2 is 0.312 bits per heavy atom. The number of nitrogens with one attached hydrogen (secondary N) is 7. The Morgan fingerprint density at radius 3 is 0.384 bits per heavy atom. The van der Waals surface area contributed by atoms with Crippen LogP contribution >= 0.6 is 13.5 Å². The summed E-state index contributed by atoms with van der Waals surface area (Å²) < 4.78 is 0. The smallest absolute Gasteiger partial charge is 0.0167 e. The molecule has 14 atom stereocenters. The molecule has 0 amide bonds. The summed E-state index contributed by atoms with van der Waals surface area (Å²) >= 11 is 51.3. The Bertz CT molecular complexity index is 2240. The van der Waals surface area contributed by atoms with E-state index >= 15 is 0 Å². The molecule has 0 saturated heterocycles. The molecule has 0 aliphatic rings. The fraction of sp³-hybridized carbons (Fsp3) is 1.00. The van der Waals surface area contributed by atoms with E-state index in [1.165, 1.54) is 143 Å². The summed E-state index contributed by atoms with van der Waals surface area (Å²) in [7, 11) is 20.2.